The van der Waals surface area contributed by atoms with Gasteiger partial charge in [-0.3, -0.25) is 14.5 Å². The van der Waals surface area contributed by atoms with Gasteiger partial charge in [0.05, 0.1) is 12.6 Å². The minimum Gasteiger partial charge on any atom is -0.342 e. The highest BCUT2D eigenvalue weighted by Gasteiger charge is 2.29. The molecule has 2 aliphatic heterocycles. The van der Waals surface area contributed by atoms with Crippen LogP contribution in [0.1, 0.15) is 39.0 Å². The van der Waals surface area contributed by atoms with E-state index >= 15 is 0 Å². The summed E-state index contributed by atoms with van der Waals surface area (Å²) in [5.74, 6) is 0.412. The third kappa shape index (κ3) is 3.06. The number of carbonyl (C=O) groups is 2. The molecule has 0 aromatic carbocycles. The fraction of sp³-hybridized carbons (Fsp3) is 0.846. The molecule has 1 amide bonds. The minimum absolute atomic E-state index is 0.0182. The molecule has 0 aromatic heterocycles. The molecule has 1 atom stereocenters. The van der Waals surface area contributed by atoms with E-state index in [-0.39, 0.29) is 17.7 Å². The monoisotopic (exact) mass is 238 g/mol. The SMILES string of the molecule is CC(=O)C1CCCCN1CC(=O)N1CCCC1. The topological polar surface area (TPSA) is 40.6 Å². The van der Waals surface area contributed by atoms with Crippen molar-refractivity contribution in [3.63, 3.8) is 0 Å². The van der Waals surface area contributed by atoms with E-state index in [2.05, 4.69) is 4.90 Å². The van der Waals surface area contributed by atoms with Gasteiger partial charge in [0.25, 0.3) is 0 Å². The van der Waals surface area contributed by atoms with E-state index in [0.717, 1.165) is 51.7 Å². The highest BCUT2D eigenvalue weighted by atomic mass is 16.2. The quantitative estimate of drug-likeness (QED) is 0.738. The lowest BCUT2D eigenvalue weighted by Crippen LogP contribution is -2.48. The van der Waals surface area contributed by atoms with Crippen LogP contribution in [0, 0.1) is 0 Å². The number of hydrogen-bond donors (Lipinski definition) is 0. The zero-order valence-corrected chi connectivity index (χ0v) is 10.7. The molecule has 2 aliphatic rings. The van der Waals surface area contributed by atoms with Gasteiger partial charge in [-0.1, -0.05) is 6.42 Å². The number of Topliss-reactive ketones (excluding diaryl/α,β-unsaturated/α-hetero) is 1. The van der Waals surface area contributed by atoms with E-state index in [4.69, 9.17) is 0 Å². The van der Waals surface area contributed by atoms with Crippen LogP contribution in [-0.2, 0) is 9.59 Å². The van der Waals surface area contributed by atoms with Crippen molar-refractivity contribution in [1.82, 2.24) is 9.80 Å². The maximum atomic E-state index is 12.1. The van der Waals surface area contributed by atoms with Crippen molar-refractivity contribution < 1.29 is 9.59 Å². The zero-order valence-electron chi connectivity index (χ0n) is 10.7. The van der Waals surface area contributed by atoms with Gasteiger partial charge in [0.2, 0.25) is 5.91 Å². The van der Waals surface area contributed by atoms with Crippen molar-refractivity contribution in [1.29, 1.82) is 0 Å². The number of amides is 1. The summed E-state index contributed by atoms with van der Waals surface area (Å²) < 4.78 is 0. The molecule has 0 bridgehead atoms. The average molecular weight is 238 g/mol. The van der Waals surface area contributed by atoms with Gasteiger partial charge in [-0.15, -0.1) is 0 Å². The zero-order chi connectivity index (χ0) is 12.3. The van der Waals surface area contributed by atoms with Crippen LogP contribution >= 0.6 is 0 Å². The highest BCUT2D eigenvalue weighted by Crippen LogP contribution is 2.18. The van der Waals surface area contributed by atoms with Crippen LogP contribution in [0.25, 0.3) is 0 Å². The number of ketones is 1. The smallest absolute Gasteiger partial charge is 0.236 e. The van der Waals surface area contributed by atoms with Crippen molar-refractivity contribution in [2.24, 2.45) is 0 Å². The molecule has 0 aliphatic carbocycles. The molecular formula is C13H22N2O2. The summed E-state index contributed by atoms with van der Waals surface area (Å²) >= 11 is 0. The Labute approximate surface area is 103 Å². The molecule has 0 spiro atoms. The number of likely N-dealkylation sites (tertiary alicyclic amines) is 2. The van der Waals surface area contributed by atoms with E-state index in [9.17, 15) is 9.59 Å². The molecule has 96 valence electrons. The lowest BCUT2D eigenvalue weighted by atomic mass is 9.99. The molecule has 4 nitrogen and oxygen atoms in total. The summed E-state index contributed by atoms with van der Waals surface area (Å²) in [6.07, 6.45) is 5.39. The first-order valence-corrected chi connectivity index (χ1v) is 6.71. The molecular weight excluding hydrogens is 216 g/mol. The molecule has 2 saturated heterocycles. The Morgan fingerprint density at radius 3 is 2.35 bits per heavy atom. The number of nitrogens with zero attached hydrogens (tertiary/aromatic N) is 2. The summed E-state index contributed by atoms with van der Waals surface area (Å²) in [4.78, 5) is 27.6. The Bertz CT molecular complexity index is 298. The number of piperidine rings is 1. The van der Waals surface area contributed by atoms with Gasteiger partial charge in [0, 0.05) is 13.1 Å². The molecule has 1 unspecified atom stereocenters. The summed E-state index contributed by atoms with van der Waals surface area (Å²) in [6, 6.07) is -0.0182. The summed E-state index contributed by atoms with van der Waals surface area (Å²) in [5.41, 5.74) is 0. The van der Waals surface area contributed by atoms with Gasteiger partial charge in [-0.05, 0) is 39.2 Å². The lowest BCUT2D eigenvalue weighted by molar-refractivity contribution is -0.134. The minimum atomic E-state index is -0.0182. The van der Waals surface area contributed by atoms with Gasteiger partial charge in [0.1, 0.15) is 5.78 Å². The average Bonchev–Trinajstić information content (AvgIpc) is 2.83. The Morgan fingerprint density at radius 1 is 1.06 bits per heavy atom. The van der Waals surface area contributed by atoms with Crippen molar-refractivity contribution in [2.45, 2.75) is 45.1 Å². The number of carbonyl (C=O) groups excluding carboxylic acids is 2. The van der Waals surface area contributed by atoms with Gasteiger partial charge in [-0.25, -0.2) is 0 Å². The van der Waals surface area contributed by atoms with E-state index in [1.54, 1.807) is 6.92 Å². The van der Waals surface area contributed by atoms with Crippen molar-refractivity contribution >= 4 is 11.7 Å². The normalized spacial score (nSPS) is 26.2. The summed E-state index contributed by atoms with van der Waals surface area (Å²) in [5, 5.41) is 0. The van der Waals surface area contributed by atoms with Crippen molar-refractivity contribution in [3.8, 4) is 0 Å². The largest absolute Gasteiger partial charge is 0.342 e. The number of hydrogen-bond acceptors (Lipinski definition) is 3. The second-order valence-electron chi connectivity index (χ2n) is 5.18. The van der Waals surface area contributed by atoms with Crippen LogP contribution in [0.2, 0.25) is 0 Å². The first-order chi connectivity index (χ1) is 8.18. The van der Waals surface area contributed by atoms with Crippen LogP contribution in [0.15, 0.2) is 0 Å². The second-order valence-corrected chi connectivity index (χ2v) is 5.18. The molecule has 2 rings (SSSR count). The van der Waals surface area contributed by atoms with Crippen LogP contribution < -0.4 is 0 Å². The maximum absolute atomic E-state index is 12.1. The predicted octanol–water partition coefficient (Wildman–Crippen LogP) is 1.05. The number of rotatable bonds is 3. The predicted molar refractivity (Wildman–Crippen MR) is 65.7 cm³/mol. The standard InChI is InChI=1S/C13H22N2O2/c1-11(16)12-6-2-3-9-15(12)10-13(17)14-7-4-5-8-14/h12H,2-10H2,1H3. The van der Waals surface area contributed by atoms with E-state index in [1.807, 2.05) is 4.90 Å². The van der Waals surface area contributed by atoms with E-state index < -0.39 is 0 Å². The first-order valence-electron chi connectivity index (χ1n) is 6.71. The molecule has 2 heterocycles. The second kappa shape index (κ2) is 5.63. The van der Waals surface area contributed by atoms with Crippen LogP contribution in [0.3, 0.4) is 0 Å². The summed E-state index contributed by atoms with van der Waals surface area (Å²) in [6.45, 7) is 4.77. The summed E-state index contributed by atoms with van der Waals surface area (Å²) in [7, 11) is 0. The lowest BCUT2D eigenvalue weighted by Gasteiger charge is -2.34. The Morgan fingerprint density at radius 2 is 1.71 bits per heavy atom. The fourth-order valence-corrected chi connectivity index (χ4v) is 2.88. The Hall–Kier alpha value is -0.900. The van der Waals surface area contributed by atoms with Crippen molar-refractivity contribution in [3.05, 3.63) is 0 Å². The molecule has 4 heteroatoms. The van der Waals surface area contributed by atoms with Gasteiger partial charge < -0.3 is 4.90 Å². The van der Waals surface area contributed by atoms with E-state index in [1.165, 1.54) is 0 Å². The third-order valence-electron chi connectivity index (χ3n) is 3.88. The van der Waals surface area contributed by atoms with Crippen LogP contribution in [0.4, 0.5) is 0 Å². The third-order valence-corrected chi connectivity index (χ3v) is 3.88. The Balaban J connectivity index is 1.90. The molecule has 0 saturated carbocycles. The van der Waals surface area contributed by atoms with Gasteiger partial charge in [0.15, 0.2) is 0 Å². The van der Waals surface area contributed by atoms with E-state index in [0.29, 0.717) is 6.54 Å². The van der Waals surface area contributed by atoms with Gasteiger partial charge in [-0.2, -0.15) is 0 Å². The van der Waals surface area contributed by atoms with Crippen molar-refractivity contribution in [2.75, 3.05) is 26.2 Å². The van der Waals surface area contributed by atoms with Crippen LogP contribution in [0.5, 0.6) is 0 Å². The molecule has 0 aromatic rings. The molecule has 0 N–H and O–H groups in total. The van der Waals surface area contributed by atoms with Crippen LogP contribution in [-0.4, -0.2) is 53.7 Å². The fourth-order valence-electron chi connectivity index (χ4n) is 2.88. The maximum Gasteiger partial charge on any atom is 0.236 e. The first kappa shape index (κ1) is 12.6. The molecule has 0 radical (unpaired) electrons. The van der Waals surface area contributed by atoms with Gasteiger partial charge >= 0.3 is 0 Å². The Kier molecular flexibility index (Phi) is 4.15. The highest BCUT2D eigenvalue weighted by molar-refractivity contribution is 5.83. The molecule has 2 fully saturated rings. The molecule has 17 heavy (non-hydrogen) atoms.